The van der Waals surface area contributed by atoms with Gasteiger partial charge in [-0.25, -0.2) is 13.4 Å². The molecule has 176 valence electrons. The molecule has 33 heavy (non-hydrogen) atoms. The van der Waals surface area contributed by atoms with E-state index in [1.54, 1.807) is 31.3 Å². The molecule has 8 nitrogen and oxygen atoms in total. The molecule has 1 aliphatic heterocycles. The van der Waals surface area contributed by atoms with Gasteiger partial charge in [0.25, 0.3) is 5.91 Å². The summed E-state index contributed by atoms with van der Waals surface area (Å²) in [6.07, 6.45) is 2.37. The van der Waals surface area contributed by atoms with E-state index in [1.165, 1.54) is 36.4 Å². The maximum absolute atomic E-state index is 13.1. The summed E-state index contributed by atoms with van der Waals surface area (Å²) >= 11 is 1.61. The summed E-state index contributed by atoms with van der Waals surface area (Å²) in [5.74, 6) is -0.184. The number of amides is 1. The number of thiazole rings is 1. The number of nitrogens with zero attached hydrogens (tertiary/aromatic N) is 3. The average molecular weight is 489 g/mol. The maximum atomic E-state index is 13.1. The van der Waals surface area contributed by atoms with Crippen LogP contribution in [-0.2, 0) is 10.0 Å². The van der Waals surface area contributed by atoms with Crippen molar-refractivity contribution >= 4 is 48.3 Å². The lowest BCUT2D eigenvalue weighted by molar-refractivity contribution is 0.102. The van der Waals surface area contributed by atoms with Crippen molar-refractivity contribution in [1.82, 2.24) is 9.29 Å². The van der Waals surface area contributed by atoms with E-state index in [1.807, 2.05) is 18.2 Å². The van der Waals surface area contributed by atoms with Crippen LogP contribution in [0.15, 0.2) is 41.3 Å². The van der Waals surface area contributed by atoms with Gasteiger partial charge in [0, 0.05) is 37.4 Å². The molecule has 1 aliphatic rings. The Balaban J connectivity index is 1.60. The molecule has 2 aromatic carbocycles. The minimum absolute atomic E-state index is 0.0190. The number of hydrogen-bond donors (Lipinski definition) is 1. The molecule has 0 atom stereocenters. The number of nitrogens with one attached hydrogen (secondary N) is 1. The predicted molar refractivity (Wildman–Crippen MR) is 132 cm³/mol. The summed E-state index contributed by atoms with van der Waals surface area (Å²) < 4.78 is 33.7. The van der Waals surface area contributed by atoms with Crippen LogP contribution in [0.3, 0.4) is 0 Å². The van der Waals surface area contributed by atoms with Gasteiger partial charge in [-0.15, -0.1) is 0 Å². The molecule has 0 bridgehead atoms. The number of carbonyl (C=O) groups is 1. The Bertz CT molecular complexity index is 1260. The second kappa shape index (κ2) is 9.66. The molecule has 0 spiro atoms. The quantitative estimate of drug-likeness (QED) is 0.511. The van der Waals surface area contributed by atoms with E-state index >= 15 is 0 Å². The maximum Gasteiger partial charge on any atom is 0.255 e. The van der Waals surface area contributed by atoms with Gasteiger partial charge in [0.05, 0.1) is 17.3 Å². The van der Waals surface area contributed by atoms with Crippen molar-refractivity contribution in [2.45, 2.75) is 31.6 Å². The standard InChI is InChI=1S/C23H28N4O4S2/c1-4-27(5-2)33(29,30)21-14-16(8-11-19(21)31-3)22(28)24-17-9-10-18-20(15-17)32-23(25-18)26-12-6-7-13-26/h8-11,14-15H,4-7,12-13H2,1-3H3,(H,24,28). The first-order valence-corrected chi connectivity index (χ1v) is 13.3. The number of hydrogen-bond acceptors (Lipinski definition) is 7. The van der Waals surface area contributed by atoms with Gasteiger partial charge in [0.15, 0.2) is 5.13 Å². The fourth-order valence-electron chi connectivity index (χ4n) is 3.96. The summed E-state index contributed by atoms with van der Waals surface area (Å²) in [5.41, 5.74) is 1.77. The molecule has 0 aliphatic carbocycles. The first-order chi connectivity index (χ1) is 15.9. The van der Waals surface area contributed by atoms with Crippen LogP contribution < -0.4 is 15.0 Å². The monoisotopic (exact) mass is 488 g/mol. The van der Waals surface area contributed by atoms with Crippen LogP contribution in [0.4, 0.5) is 10.8 Å². The lowest BCUT2D eigenvalue weighted by Crippen LogP contribution is -2.31. The smallest absolute Gasteiger partial charge is 0.255 e. The van der Waals surface area contributed by atoms with Crippen molar-refractivity contribution in [3.05, 3.63) is 42.0 Å². The van der Waals surface area contributed by atoms with Gasteiger partial charge in [-0.2, -0.15) is 4.31 Å². The number of fused-ring (bicyclic) bond motifs is 1. The van der Waals surface area contributed by atoms with Crippen molar-refractivity contribution in [2.75, 3.05) is 43.5 Å². The highest BCUT2D eigenvalue weighted by Crippen LogP contribution is 2.33. The van der Waals surface area contributed by atoms with Gasteiger partial charge in [0.1, 0.15) is 10.6 Å². The molecule has 2 heterocycles. The first kappa shape index (κ1) is 23.5. The zero-order valence-corrected chi connectivity index (χ0v) is 20.6. The zero-order valence-electron chi connectivity index (χ0n) is 19.0. The van der Waals surface area contributed by atoms with E-state index in [0.717, 1.165) is 28.4 Å². The highest BCUT2D eigenvalue weighted by molar-refractivity contribution is 7.89. The lowest BCUT2D eigenvalue weighted by atomic mass is 10.2. The molecule has 1 fully saturated rings. The molecular weight excluding hydrogens is 460 g/mol. The Labute approximate surface area is 198 Å². The zero-order chi connectivity index (χ0) is 23.6. The van der Waals surface area contributed by atoms with Crippen LogP contribution in [0.5, 0.6) is 5.75 Å². The SMILES string of the molecule is CCN(CC)S(=O)(=O)c1cc(C(=O)Nc2ccc3nc(N4CCCC4)sc3c2)ccc1OC. The molecule has 4 rings (SSSR count). The van der Waals surface area contributed by atoms with Crippen molar-refractivity contribution in [1.29, 1.82) is 0 Å². The first-order valence-electron chi connectivity index (χ1n) is 11.0. The van der Waals surface area contributed by atoms with E-state index in [2.05, 4.69) is 10.2 Å². The fourth-order valence-corrected chi connectivity index (χ4v) is 6.66. The number of rotatable bonds is 8. The van der Waals surface area contributed by atoms with Crippen LogP contribution in [-0.4, -0.2) is 56.9 Å². The van der Waals surface area contributed by atoms with E-state index in [4.69, 9.17) is 9.72 Å². The second-order valence-corrected chi connectivity index (χ2v) is 10.7. The second-order valence-electron chi connectivity index (χ2n) is 7.78. The normalized spacial score (nSPS) is 14.2. The Hall–Kier alpha value is -2.69. The van der Waals surface area contributed by atoms with Gasteiger partial charge in [-0.05, 0) is 49.2 Å². The third-order valence-corrected chi connectivity index (χ3v) is 8.91. The van der Waals surface area contributed by atoms with Gasteiger partial charge >= 0.3 is 0 Å². The van der Waals surface area contributed by atoms with Crippen molar-refractivity contribution in [3.8, 4) is 5.75 Å². The number of carbonyl (C=O) groups excluding carboxylic acids is 1. The number of methoxy groups -OCH3 is 1. The van der Waals surface area contributed by atoms with Crippen LogP contribution in [0.1, 0.15) is 37.0 Å². The Kier molecular flexibility index (Phi) is 6.87. The number of sulfonamides is 1. The third kappa shape index (κ3) is 4.68. The Morgan fingerprint density at radius 1 is 1.15 bits per heavy atom. The van der Waals surface area contributed by atoms with E-state index in [9.17, 15) is 13.2 Å². The Morgan fingerprint density at radius 3 is 2.55 bits per heavy atom. The van der Waals surface area contributed by atoms with Crippen molar-refractivity contribution in [3.63, 3.8) is 0 Å². The van der Waals surface area contributed by atoms with Gasteiger partial charge in [-0.1, -0.05) is 25.2 Å². The summed E-state index contributed by atoms with van der Waals surface area (Å²) in [5, 5.41) is 3.89. The average Bonchev–Trinajstić information content (AvgIpc) is 3.48. The minimum atomic E-state index is -3.79. The van der Waals surface area contributed by atoms with Crippen LogP contribution in [0, 0.1) is 0 Å². The number of benzene rings is 2. The highest BCUT2D eigenvalue weighted by Gasteiger charge is 2.27. The molecule has 1 aromatic heterocycles. The molecule has 0 saturated carbocycles. The van der Waals surface area contributed by atoms with Gasteiger partial charge in [0.2, 0.25) is 10.0 Å². The van der Waals surface area contributed by atoms with Crippen LogP contribution >= 0.6 is 11.3 Å². The van der Waals surface area contributed by atoms with Crippen LogP contribution in [0.2, 0.25) is 0 Å². The molecule has 0 radical (unpaired) electrons. The molecular formula is C23H28N4O4S2. The molecule has 1 N–H and O–H groups in total. The van der Waals surface area contributed by atoms with E-state index < -0.39 is 15.9 Å². The highest BCUT2D eigenvalue weighted by atomic mass is 32.2. The van der Waals surface area contributed by atoms with Gasteiger partial charge in [-0.3, -0.25) is 4.79 Å². The van der Waals surface area contributed by atoms with Gasteiger partial charge < -0.3 is 15.0 Å². The Morgan fingerprint density at radius 2 is 1.88 bits per heavy atom. The molecule has 10 heteroatoms. The van der Waals surface area contributed by atoms with E-state index in [0.29, 0.717) is 18.8 Å². The van der Waals surface area contributed by atoms with Crippen molar-refractivity contribution in [2.24, 2.45) is 0 Å². The largest absolute Gasteiger partial charge is 0.495 e. The predicted octanol–water partition coefficient (Wildman–Crippen LogP) is 4.19. The minimum Gasteiger partial charge on any atom is -0.495 e. The molecule has 1 amide bonds. The lowest BCUT2D eigenvalue weighted by Gasteiger charge is -2.20. The summed E-state index contributed by atoms with van der Waals surface area (Å²) in [4.78, 5) is 20.0. The number of anilines is 2. The third-order valence-electron chi connectivity index (χ3n) is 5.76. The summed E-state index contributed by atoms with van der Waals surface area (Å²) in [6, 6.07) is 10.1. The van der Waals surface area contributed by atoms with Crippen LogP contribution in [0.25, 0.3) is 10.2 Å². The van der Waals surface area contributed by atoms with Crippen molar-refractivity contribution < 1.29 is 17.9 Å². The fraction of sp³-hybridized carbons (Fsp3) is 0.391. The molecule has 3 aromatic rings. The molecule has 0 unspecified atom stereocenters. The van der Waals surface area contributed by atoms with E-state index in [-0.39, 0.29) is 16.2 Å². The topological polar surface area (TPSA) is 91.8 Å². The summed E-state index contributed by atoms with van der Waals surface area (Å²) in [6.45, 7) is 6.25. The number of ether oxygens (including phenoxy) is 1. The number of aromatic nitrogens is 1. The molecule has 1 saturated heterocycles. The summed E-state index contributed by atoms with van der Waals surface area (Å²) in [7, 11) is -2.38.